The Morgan fingerprint density at radius 3 is 2.38 bits per heavy atom. The Morgan fingerprint density at radius 2 is 1.76 bits per heavy atom. The molecule has 11 heteroatoms. The lowest BCUT2D eigenvalue weighted by Gasteiger charge is -2.16. The summed E-state index contributed by atoms with van der Waals surface area (Å²) in [5, 5.41) is 3.48. The van der Waals surface area contributed by atoms with Gasteiger partial charge in [-0.25, -0.2) is 17.9 Å². The lowest BCUT2D eigenvalue weighted by Crippen LogP contribution is -2.31. The standard InChI is InChI=1S/C18H17Cl3N2O5S/c1-10(13-5-3-11(19)7-16(13)21)23-17(24)9-28-18(25)14-8-12(4-6-15(14)20)29(26,27)22-2/h3-8,10,22H,9H2,1-2H3,(H,23,24). The van der Waals surface area contributed by atoms with E-state index in [1.165, 1.54) is 19.2 Å². The summed E-state index contributed by atoms with van der Waals surface area (Å²) in [5.74, 6) is -1.51. The Kier molecular flexibility index (Phi) is 7.90. The second-order valence-electron chi connectivity index (χ2n) is 5.88. The van der Waals surface area contributed by atoms with Crippen molar-refractivity contribution in [3.63, 3.8) is 0 Å². The fourth-order valence-electron chi connectivity index (χ4n) is 2.37. The first-order chi connectivity index (χ1) is 13.5. The Morgan fingerprint density at radius 1 is 1.07 bits per heavy atom. The first kappa shape index (κ1) is 23.4. The summed E-state index contributed by atoms with van der Waals surface area (Å²) in [5.41, 5.74) is 0.466. The molecule has 0 aromatic heterocycles. The van der Waals surface area contributed by atoms with Gasteiger partial charge in [0.2, 0.25) is 10.0 Å². The molecule has 2 aromatic carbocycles. The molecule has 29 heavy (non-hydrogen) atoms. The second kappa shape index (κ2) is 9.77. The minimum absolute atomic E-state index is 0.00762. The van der Waals surface area contributed by atoms with E-state index in [1.807, 2.05) is 0 Å². The number of hydrogen-bond acceptors (Lipinski definition) is 5. The summed E-state index contributed by atoms with van der Waals surface area (Å²) < 4.78 is 30.8. The first-order valence-corrected chi connectivity index (χ1v) is 10.8. The molecule has 2 N–H and O–H groups in total. The van der Waals surface area contributed by atoms with Gasteiger partial charge >= 0.3 is 5.97 Å². The Balaban J connectivity index is 2.03. The van der Waals surface area contributed by atoms with Crippen LogP contribution in [0.4, 0.5) is 0 Å². The van der Waals surface area contributed by atoms with E-state index in [0.29, 0.717) is 15.6 Å². The number of rotatable bonds is 7. The van der Waals surface area contributed by atoms with E-state index in [2.05, 4.69) is 10.0 Å². The van der Waals surface area contributed by atoms with Crippen molar-refractivity contribution in [1.82, 2.24) is 10.0 Å². The fraction of sp³-hybridized carbons (Fsp3) is 0.222. The zero-order valence-corrected chi connectivity index (χ0v) is 18.4. The van der Waals surface area contributed by atoms with Gasteiger partial charge in [0, 0.05) is 10.0 Å². The molecule has 0 saturated carbocycles. The molecule has 7 nitrogen and oxygen atoms in total. The van der Waals surface area contributed by atoms with E-state index < -0.39 is 34.5 Å². The van der Waals surface area contributed by atoms with Gasteiger partial charge < -0.3 is 10.1 Å². The van der Waals surface area contributed by atoms with E-state index in [4.69, 9.17) is 39.5 Å². The highest BCUT2D eigenvalue weighted by molar-refractivity contribution is 7.89. The minimum Gasteiger partial charge on any atom is -0.452 e. The van der Waals surface area contributed by atoms with E-state index in [-0.39, 0.29) is 15.5 Å². The van der Waals surface area contributed by atoms with Crippen LogP contribution in [-0.4, -0.2) is 33.9 Å². The second-order valence-corrected chi connectivity index (χ2v) is 9.02. The van der Waals surface area contributed by atoms with Crippen LogP contribution in [0.3, 0.4) is 0 Å². The van der Waals surface area contributed by atoms with Crippen molar-refractivity contribution in [3.05, 3.63) is 62.6 Å². The molecule has 2 rings (SSSR count). The Hall–Kier alpha value is -1.84. The quantitative estimate of drug-likeness (QED) is 0.591. The molecule has 1 atom stereocenters. The number of amides is 1. The third-order valence-electron chi connectivity index (χ3n) is 3.88. The molecule has 2 aromatic rings. The summed E-state index contributed by atoms with van der Waals surface area (Å²) in [4.78, 5) is 24.2. The molecule has 0 aliphatic heterocycles. The molecule has 156 valence electrons. The van der Waals surface area contributed by atoms with Gasteiger partial charge in [0.25, 0.3) is 5.91 Å². The van der Waals surface area contributed by atoms with Crippen LogP contribution in [0.25, 0.3) is 0 Å². The van der Waals surface area contributed by atoms with Crippen molar-refractivity contribution in [3.8, 4) is 0 Å². The molecular weight excluding hydrogens is 463 g/mol. The van der Waals surface area contributed by atoms with Crippen molar-refractivity contribution >= 4 is 56.7 Å². The molecule has 0 aliphatic carbocycles. The van der Waals surface area contributed by atoms with Gasteiger partial charge in [-0.2, -0.15) is 0 Å². The molecular formula is C18H17Cl3N2O5S. The summed E-state index contributed by atoms with van der Waals surface area (Å²) in [6.45, 7) is 1.12. The fourth-order valence-corrected chi connectivity index (χ4v) is 3.89. The van der Waals surface area contributed by atoms with Gasteiger partial charge in [-0.05, 0) is 49.9 Å². The zero-order chi connectivity index (χ0) is 21.8. The molecule has 0 aliphatic rings. The number of sulfonamides is 1. The Labute approximate surface area is 183 Å². The zero-order valence-electron chi connectivity index (χ0n) is 15.3. The first-order valence-electron chi connectivity index (χ1n) is 8.19. The maximum atomic E-state index is 12.2. The number of carbonyl (C=O) groups excluding carboxylic acids is 2. The van der Waals surface area contributed by atoms with Crippen molar-refractivity contribution in [2.24, 2.45) is 0 Å². The molecule has 0 spiro atoms. The van der Waals surface area contributed by atoms with Gasteiger partial charge in [0.15, 0.2) is 6.61 Å². The van der Waals surface area contributed by atoms with Crippen LogP contribution in [0.15, 0.2) is 41.3 Å². The SMILES string of the molecule is CNS(=O)(=O)c1ccc(Cl)c(C(=O)OCC(=O)NC(C)c2ccc(Cl)cc2Cl)c1. The van der Waals surface area contributed by atoms with Crippen LogP contribution in [0, 0.1) is 0 Å². The molecule has 0 radical (unpaired) electrons. The van der Waals surface area contributed by atoms with Crippen LogP contribution in [0.5, 0.6) is 0 Å². The van der Waals surface area contributed by atoms with E-state index in [9.17, 15) is 18.0 Å². The highest BCUT2D eigenvalue weighted by Gasteiger charge is 2.20. The van der Waals surface area contributed by atoms with Crippen molar-refractivity contribution in [2.75, 3.05) is 13.7 Å². The highest BCUT2D eigenvalue weighted by atomic mass is 35.5. The van der Waals surface area contributed by atoms with Gasteiger partial charge in [-0.15, -0.1) is 0 Å². The van der Waals surface area contributed by atoms with Gasteiger partial charge in [0.05, 0.1) is 21.5 Å². The summed E-state index contributed by atoms with van der Waals surface area (Å²) in [6, 6.07) is 7.98. The lowest BCUT2D eigenvalue weighted by atomic mass is 10.1. The van der Waals surface area contributed by atoms with Gasteiger partial charge in [-0.3, -0.25) is 4.79 Å². The smallest absolute Gasteiger partial charge is 0.340 e. The molecule has 1 amide bonds. The highest BCUT2D eigenvalue weighted by Crippen LogP contribution is 2.26. The number of ether oxygens (including phenoxy) is 1. The van der Waals surface area contributed by atoms with Crippen molar-refractivity contribution in [1.29, 1.82) is 0 Å². The predicted molar refractivity (Wildman–Crippen MR) is 111 cm³/mol. The normalized spacial score (nSPS) is 12.3. The third kappa shape index (κ3) is 6.07. The molecule has 0 fully saturated rings. The topological polar surface area (TPSA) is 102 Å². The average Bonchev–Trinajstić information content (AvgIpc) is 2.66. The van der Waals surface area contributed by atoms with Crippen LogP contribution >= 0.6 is 34.8 Å². The third-order valence-corrected chi connectivity index (χ3v) is 6.18. The number of esters is 1. The molecule has 0 saturated heterocycles. The van der Waals surface area contributed by atoms with Crippen LogP contribution < -0.4 is 10.0 Å². The van der Waals surface area contributed by atoms with E-state index in [1.54, 1.807) is 25.1 Å². The van der Waals surface area contributed by atoms with Crippen molar-refractivity contribution in [2.45, 2.75) is 17.9 Å². The molecule has 0 heterocycles. The summed E-state index contributed by atoms with van der Waals surface area (Å²) in [6.07, 6.45) is 0. The minimum atomic E-state index is -3.77. The van der Waals surface area contributed by atoms with Gasteiger partial charge in [-0.1, -0.05) is 40.9 Å². The molecule has 1 unspecified atom stereocenters. The van der Waals surface area contributed by atoms with Crippen LogP contribution in [0.1, 0.15) is 28.9 Å². The maximum absolute atomic E-state index is 12.2. The monoisotopic (exact) mass is 478 g/mol. The number of halogens is 3. The number of benzene rings is 2. The van der Waals surface area contributed by atoms with Crippen LogP contribution in [-0.2, 0) is 19.6 Å². The largest absolute Gasteiger partial charge is 0.452 e. The number of carbonyl (C=O) groups is 2. The van der Waals surface area contributed by atoms with Crippen molar-refractivity contribution < 1.29 is 22.7 Å². The number of hydrogen-bond donors (Lipinski definition) is 2. The predicted octanol–water partition coefficient (Wildman–Crippen LogP) is 3.59. The maximum Gasteiger partial charge on any atom is 0.340 e. The van der Waals surface area contributed by atoms with Crippen LogP contribution in [0.2, 0.25) is 15.1 Å². The van der Waals surface area contributed by atoms with E-state index >= 15 is 0 Å². The van der Waals surface area contributed by atoms with Gasteiger partial charge in [0.1, 0.15) is 0 Å². The summed E-state index contributed by atoms with van der Waals surface area (Å²) >= 11 is 17.9. The molecule has 0 bridgehead atoms. The number of nitrogens with one attached hydrogen (secondary N) is 2. The lowest BCUT2D eigenvalue weighted by molar-refractivity contribution is -0.124. The summed E-state index contributed by atoms with van der Waals surface area (Å²) in [7, 11) is -2.54. The van der Waals surface area contributed by atoms with E-state index in [0.717, 1.165) is 6.07 Å². The Bertz CT molecular complexity index is 1040. The average molecular weight is 480 g/mol.